The van der Waals surface area contributed by atoms with Gasteiger partial charge >= 0.3 is 0 Å². The van der Waals surface area contributed by atoms with Gasteiger partial charge in [0.1, 0.15) is 0 Å². The van der Waals surface area contributed by atoms with Gasteiger partial charge in [-0.3, -0.25) is 9.59 Å². The lowest BCUT2D eigenvalue weighted by Crippen LogP contribution is -2.44. The fraction of sp³-hybridized carbons (Fsp3) is 0.333. The fourth-order valence-corrected chi connectivity index (χ4v) is 4.76. The van der Waals surface area contributed by atoms with E-state index in [-0.39, 0.29) is 28.8 Å². The molecule has 1 fully saturated rings. The molecule has 2 atom stereocenters. The van der Waals surface area contributed by atoms with E-state index < -0.39 is 22.0 Å². The first-order valence-corrected chi connectivity index (χ1v) is 11.0. The van der Waals surface area contributed by atoms with Gasteiger partial charge in [-0.05, 0) is 43.5 Å². The van der Waals surface area contributed by atoms with E-state index in [1.165, 1.54) is 12.1 Å². The summed E-state index contributed by atoms with van der Waals surface area (Å²) in [5.74, 6) is -1.09. The fourth-order valence-electron chi connectivity index (χ4n) is 3.48. The molecule has 3 N–H and O–H groups in total. The molecule has 1 heterocycles. The highest BCUT2D eigenvalue weighted by Crippen LogP contribution is 2.21. The number of carbonyl (C=O) groups is 2. The van der Waals surface area contributed by atoms with Crippen LogP contribution in [0.2, 0.25) is 0 Å². The first kappa shape index (κ1) is 21.0. The second kappa shape index (κ2) is 8.75. The first-order valence-electron chi connectivity index (χ1n) is 9.54. The second-order valence-electron chi connectivity index (χ2n) is 7.27. The minimum Gasteiger partial charge on any atom is -0.369 e. The molecule has 8 heteroatoms. The Balaban J connectivity index is 1.77. The lowest BCUT2D eigenvalue weighted by molar-refractivity contribution is -0.123. The zero-order valence-electron chi connectivity index (χ0n) is 16.2. The van der Waals surface area contributed by atoms with E-state index in [0.717, 1.165) is 5.56 Å². The van der Waals surface area contributed by atoms with Gasteiger partial charge in [0.25, 0.3) is 5.91 Å². The summed E-state index contributed by atoms with van der Waals surface area (Å²) in [6.45, 7) is 2.54. The Morgan fingerprint density at radius 1 is 1.14 bits per heavy atom. The monoisotopic (exact) mass is 415 g/mol. The molecule has 0 radical (unpaired) electrons. The van der Waals surface area contributed by atoms with E-state index in [1.54, 1.807) is 24.0 Å². The largest absolute Gasteiger partial charge is 0.369 e. The van der Waals surface area contributed by atoms with Crippen molar-refractivity contribution in [3.8, 4) is 0 Å². The number of rotatable bonds is 6. The summed E-state index contributed by atoms with van der Waals surface area (Å²) in [4.78, 5) is 25.9. The number of carbonyl (C=O) groups excluding carboxylic acids is 2. The van der Waals surface area contributed by atoms with Crippen LogP contribution in [-0.4, -0.2) is 38.2 Å². The van der Waals surface area contributed by atoms with E-state index in [1.807, 2.05) is 30.3 Å². The van der Waals surface area contributed by atoms with Crippen molar-refractivity contribution in [2.45, 2.75) is 30.7 Å². The van der Waals surface area contributed by atoms with Crippen LogP contribution in [-0.2, 0) is 14.8 Å². The number of amides is 2. The molecule has 0 aromatic heterocycles. The SMILES string of the molecule is C[C@H](NS(=O)(=O)c1cccc(C(=O)N2CCC[C@H](C(N)=O)C2)c1)c1ccccc1. The topological polar surface area (TPSA) is 110 Å². The molecule has 0 aliphatic carbocycles. The molecular formula is C21H25N3O4S. The minimum absolute atomic E-state index is 0.0228. The number of hydrogen-bond acceptors (Lipinski definition) is 4. The molecule has 2 amide bonds. The Morgan fingerprint density at radius 3 is 2.55 bits per heavy atom. The van der Waals surface area contributed by atoms with Crippen LogP contribution in [0.4, 0.5) is 0 Å². The van der Waals surface area contributed by atoms with Gasteiger partial charge < -0.3 is 10.6 Å². The number of nitrogens with two attached hydrogens (primary N) is 1. The number of piperidine rings is 1. The third kappa shape index (κ3) is 5.02. The van der Waals surface area contributed by atoms with Gasteiger partial charge in [-0.1, -0.05) is 36.4 Å². The smallest absolute Gasteiger partial charge is 0.253 e. The standard InChI is InChI=1S/C21H25N3O4S/c1-15(16-7-3-2-4-8-16)23-29(27,28)19-11-5-9-17(13-19)21(26)24-12-6-10-18(14-24)20(22)25/h2-5,7-9,11,13,15,18,23H,6,10,12,14H2,1H3,(H2,22,25)/t15-,18-/m0/s1. The Labute approximate surface area is 171 Å². The van der Waals surface area contributed by atoms with Gasteiger partial charge in [-0.15, -0.1) is 0 Å². The number of nitrogens with zero attached hydrogens (tertiary/aromatic N) is 1. The number of nitrogens with one attached hydrogen (secondary N) is 1. The number of hydrogen-bond donors (Lipinski definition) is 2. The van der Waals surface area contributed by atoms with E-state index >= 15 is 0 Å². The predicted molar refractivity (Wildman–Crippen MR) is 109 cm³/mol. The minimum atomic E-state index is -3.81. The highest BCUT2D eigenvalue weighted by molar-refractivity contribution is 7.89. The second-order valence-corrected chi connectivity index (χ2v) is 8.99. The molecule has 2 aromatic carbocycles. The Hall–Kier alpha value is -2.71. The van der Waals surface area contributed by atoms with Gasteiger partial charge in [-0.25, -0.2) is 13.1 Å². The van der Waals surface area contributed by atoms with Crippen molar-refractivity contribution in [2.24, 2.45) is 11.7 Å². The average Bonchev–Trinajstić information content (AvgIpc) is 2.73. The molecule has 0 bridgehead atoms. The molecule has 3 rings (SSSR count). The Kier molecular flexibility index (Phi) is 6.34. The van der Waals surface area contributed by atoms with E-state index in [4.69, 9.17) is 5.73 Å². The quantitative estimate of drug-likeness (QED) is 0.752. The van der Waals surface area contributed by atoms with Crippen molar-refractivity contribution in [2.75, 3.05) is 13.1 Å². The van der Waals surface area contributed by atoms with Crippen LogP contribution in [0.5, 0.6) is 0 Å². The Morgan fingerprint density at radius 2 is 1.86 bits per heavy atom. The number of primary amides is 1. The molecule has 1 aliphatic rings. The highest BCUT2D eigenvalue weighted by Gasteiger charge is 2.28. The summed E-state index contributed by atoms with van der Waals surface area (Å²) in [6, 6.07) is 14.8. The zero-order chi connectivity index (χ0) is 21.0. The van der Waals surface area contributed by atoms with Crippen molar-refractivity contribution in [1.82, 2.24) is 9.62 Å². The van der Waals surface area contributed by atoms with Crippen molar-refractivity contribution in [3.63, 3.8) is 0 Å². The summed E-state index contributed by atoms with van der Waals surface area (Å²) in [5, 5.41) is 0. The molecule has 1 saturated heterocycles. The summed E-state index contributed by atoms with van der Waals surface area (Å²) >= 11 is 0. The third-order valence-electron chi connectivity index (χ3n) is 5.13. The number of benzene rings is 2. The molecule has 0 spiro atoms. The zero-order valence-corrected chi connectivity index (χ0v) is 17.1. The van der Waals surface area contributed by atoms with Crippen molar-refractivity contribution in [1.29, 1.82) is 0 Å². The van der Waals surface area contributed by atoms with Crippen LogP contribution in [0, 0.1) is 5.92 Å². The van der Waals surface area contributed by atoms with Crippen LogP contribution in [0.25, 0.3) is 0 Å². The maximum absolute atomic E-state index is 12.8. The Bertz CT molecular complexity index is 992. The molecule has 7 nitrogen and oxygen atoms in total. The van der Waals surface area contributed by atoms with Crippen LogP contribution in [0.15, 0.2) is 59.5 Å². The van der Waals surface area contributed by atoms with Gasteiger partial charge in [-0.2, -0.15) is 0 Å². The lowest BCUT2D eigenvalue weighted by Gasteiger charge is -2.31. The van der Waals surface area contributed by atoms with Crippen molar-refractivity contribution >= 4 is 21.8 Å². The molecular weight excluding hydrogens is 390 g/mol. The molecule has 0 saturated carbocycles. The van der Waals surface area contributed by atoms with E-state index in [9.17, 15) is 18.0 Å². The van der Waals surface area contributed by atoms with Crippen LogP contribution in [0.3, 0.4) is 0 Å². The van der Waals surface area contributed by atoms with Gasteiger partial charge in [0, 0.05) is 24.7 Å². The predicted octanol–water partition coefficient (Wildman–Crippen LogP) is 2.06. The van der Waals surface area contributed by atoms with E-state index in [0.29, 0.717) is 19.4 Å². The van der Waals surface area contributed by atoms with Crippen molar-refractivity contribution in [3.05, 3.63) is 65.7 Å². The lowest BCUT2D eigenvalue weighted by atomic mass is 9.97. The summed E-state index contributed by atoms with van der Waals surface area (Å²) < 4.78 is 28.3. The number of sulfonamides is 1. The molecule has 154 valence electrons. The van der Waals surface area contributed by atoms with Gasteiger partial charge in [0.15, 0.2) is 0 Å². The average molecular weight is 416 g/mol. The molecule has 2 aromatic rings. The van der Waals surface area contributed by atoms with Crippen molar-refractivity contribution < 1.29 is 18.0 Å². The molecule has 0 unspecified atom stereocenters. The maximum Gasteiger partial charge on any atom is 0.253 e. The van der Waals surface area contributed by atoms with Gasteiger partial charge in [0.2, 0.25) is 15.9 Å². The van der Waals surface area contributed by atoms with Crippen LogP contribution < -0.4 is 10.5 Å². The normalized spacial score (nSPS) is 18.2. The summed E-state index contributed by atoms with van der Waals surface area (Å²) in [5.41, 5.74) is 6.49. The van der Waals surface area contributed by atoms with Gasteiger partial charge in [0.05, 0.1) is 10.8 Å². The maximum atomic E-state index is 12.8. The van der Waals surface area contributed by atoms with Crippen LogP contribution >= 0.6 is 0 Å². The van der Waals surface area contributed by atoms with Crippen LogP contribution in [0.1, 0.15) is 41.7 Å². The van der Waals surface area contributed by atoms with E-state index in [2.05, 4.69) is 4.72 Å². The number of likely N-dealkylation sites (tertiary alicyclic amines) is 1. The highest BCUT2D eigenvalue weighted by atomic mass is 32.2. The first-order chi connectivity index (χ1) is 13.8. The molecule has 1 aliphatic heterocycles. The summed E-state index contributed by atoms with van der Waals surface area (Å²) in [6.07, 6.45) is 1.35. The molecule has 29 heavy (non-hydrogen) atoms. The third-order valence-corrected chi connectivity index (χ3v) is 6.67. The summed E-state index contributed by atoms with van der Waals surface area (Å²) in [7, 11) is -3.81.